The molecule has 2 aromatic rings. The van der Waals surface area contributed by atoms with Crippen LogP contribution >= 0.6 is 0 Å². The van der Waals surface area contributed by atoms with Gasteiger partial charge in [0.05, 0.1) is 7.11 Å². The Morgan fingerprint density at radius 1 is 1.32 bits per heavy atom. The van der Waals surface area contributed by atoms with Crippen LogP contribution in [0.15, 0.2) is 30.5 Å². The van der Waals surface area contributed by atoms with Gasteiger partial charge in [-0.25, -0.2) is 4.98 Å². The van der Waals surface area contributed by atoms with Gasteiger partial charge in [0.2, 0.25) is 0 Å². The molecule has 0 amide bonds. The Morgan fingerprint density at radius 3 is 2.79 bits per heavy atom. The van der Waals surface area contributed by atoms with Crippen LogP contribution in [0.3, 0.4) is 0 Å². The molecule has 1 unspecified atom stereocenters. The summed E-state index contributed by atoms with van der Waals surface area (Å²) in [6.07, 6.45) is 2.77. The molecule has 4 heteroatoms. The van der Waals surface area contributed by atoms with Gasteiger partial charge < -0.3 is 15.4 Å². The molecule has 4 nitrogen and oxygen atoms in total. The van der Waals surface area contributed by atoms with E-state index in [9.17, 15) is 0 Å². The first kappa shape index (κ1) is 13.6. The van der Waals surface area contributed by atoms with Crippen molar-refractivity contribution in [1.82, 2.24) is 4.98 Å². The van der Waals surface area contributed by atoms with Crippen LogP contribution in [0.1, 0.15) is 13.3 Å². The molecule has 2 rings (SSSR count). The van der Waals surface area contributed by atoms with E-state index in [1.54, 1.807) is 7.11 Å². The highest BCUT2D eigenvalue weighted by Crippen LogP contribution is 2.31. The van der Waals surface area contributed by atoms with Gasteiger partial charge in [-0.3, -0.25) is 0 Å². The summed E-state index contributed by atoms with van der Waals surface area (Å²) >= 11 is 0. The molecule has 0 saturated heterocycles. The van der Waals surface area contributed by atoms with Crippen molar-refractivity contribution >= 4 is 16.6 Å². The normalized spacial score (nSPS) is 12.4. The van der Waals surface area contributed by atoms with E-state index < -0.39 is 0 Å². The van der Waals surface area contributed by atoms with Crippen LogP contribution in [0.25, 0.3) is 10.8 Å². The molecule has 102 valence electrons. The molecule has 1 aromatic heterocycles. The summed E-state index contributed by atoms with van der Waals surface area (Å²) in [5.41, 5.74) is 5.64. The van der Waals surface area contributed by atoms with Gasteiger partial charge in [-0.2, -0.15) is 0 Å². The van der Waals surface area contributed by atoms with Crippen LogP contribution in [-0.4, -0.2) is 31.7 Å². The number of nitrogens with two attached hydrogens (primary N) is 1. The Balaban J connectivity index is 2.49. The van der Waals surface area contributed by atoms with Gasteiger partial charge in [0.1, 0.15) is 11.6 Å². The summed E-state index contributed by atoms with van der Waals surface area (Å²) in [7, 11) is 3.75. The Hall–Kier alpha value is -1.81. The van der Waals surface area contributed by atoms with Gasteiger partial charge >= 0.3 is 0 Å². The Kier molecular flexibility index (Phi) is 4.22. The number of fused-ring (bicyclic) bond motifs is 1. The number of anilines is 1. The predicted octanol–water partition coefficient (Wildman–Crippen LogP) is 2.42. The van der Waals surface area contributed by atoms with Gasteiger partial charge in [-0.05, 0) is 32.0 Å². The van der Waals surface area contributed by atoms with Gasteiger partial charge in [0, 0.05) is 30.1 Å². The van der Waals surface area contributed by atoms with Crippen molar-refractivity contribution < 1.29 is 4.74 Å². The van der Waals surface area contributed by atoms with Crippen molar-refractivity contribution in [3.63, 3.8) is 0 Å². The van der Waals surface area contributed by atoms with Crippen LogP contribution in [0, 0.1) is 0 Å². The fraction of sp³-hybridized carbons (Fsp3) is 0.400. The van der Waals surface area contributed by atoms with Crippen molar-refractivity contribution in [1.29, 1.82) is 0 Å². The van der Waals surface area contributed by atoms with Gasteiger partial charge in [0.25, 0.3) is 0 Å². The van der Waals surface area contributed by atoms with Crippen molar-refractivity contribution in [3.8, 4) is 5.75 Å². The molecule has 2 N–H and O–H groups in total. The largest absolute Gasteiger partial charge is 0.496 e. The average Bonchev–Trinajstić information content (AvgIpc) is 2.45. The lowest BCUT2D eigenvalue weighted by Crippen LogP contribution is -2.31. The van der Waals surface area contributed by atoms with Gasteiger partial charge in [0.15, 0.2) is 0 Å². The second kappa shape index (κ2) is 5.89. The van der Waals surface area contributed by atoms with E-state index in [0.717, 1.165) is 28.8 Å². The summed E-state index contributed by atoms with van der Waals surface area (Å²) < 4.78 is 5.40. The number of nitrogens with zero attached hydrogens (tertiary/aromatic N) is 2. The fourth-order valence-corrected chi connectivity index (χ4v) is 2.27. The summed E-state index contributed by atoms with van der Waals surface area (Å²) in [5, 5.41) is 2.19. The van der Waals surface area contributed by atoms with E-state index in [-0.39, 0.29) is 0 Å². The second-order valence-corrected chi connectivity index (χ2v) is 4.73. The minimum absolute atomic E-state index is 0.356. The molecule has 0 aliphatic rings. The quantitative estimate of drug-likeness (QED) is 0.896. The monoisotopic (exact) mass is 259 g/mol. The lowest BCUT2D eigenvalue weighted by molar-refractivity contribution is 0.420. The zero-order valence-corrected chi connectivity index (χ0v) is 11.8. The molecule has 1 aromatic carbocycles. The topological polar surface area (TPSA) is 51.4 Å². The number of benzene rings is 1. The Bertz CT molecular complexity index is 556. The van der Waals surface area contributed by atoms with E-state index in [0.29, 0.717) is 12.6 Å². The van der Waals surface area contributed by atoms with Gasteiger partial charge in [-0.1, -0.05) is 12.1 Å². The minimum atomic E-state index is 0.356. The fourth-order valence-electron chi connectivity index (χ4n) is 2.27. The number of hydrogen-bond acceptors (Lipinski definition) is 4. The highest BCUT2D eigenvalue weighted by molar-refractivity contribution is 5.96. The van der Waals surface area contributed by atoms with E-state index in [1.165, 1.54) is 0 Å². The average molecular weight is 259 g/mol. The Labute approximate surface area is 114 Å². The number of pyridine rings is 1. The van der Waals surface area contributed by atoms with Crippen LogP contribution < -0.4 is 15.4 Å². The first-order chi connectivity index (χ1) is 9.19. The number of ether oxygens (including phenoxy) is 1. The zero-order valence-electron chi connectivity index (χ0n) is 11.8. The van der Waals surface area contributed by atoms with Crippen molar-refractivity contribution in [3.05, 3.63) is 30.5 Å². The van der Waals surface area contributed by atoms with Crippen LogP contribution in [0.4, 0.5) is 5.82 Å². The molecule has 0 fully saturated rings. The number of aromatic nitrogens is 1. The lowest BCUT2D eigenvalue weighted by Gasteiger charge is -2.26. The second-order valence-electron chi connectivity index (χ2n) is 4.73. The molecular formula is C15H21N3O. The molecule has 0 bridgehead atoms. The summed E-state index contributed by atoms with van der Waals surface area (Å²) in [6, 6.07) is 8.38. The zero-order chi connectivity index (χ0) is 13.8. The summed E-state index contributed by atoms with van der Waals surface area (Å²) in [5.74, 6) is 1.85. The molecule has 0 radical (unpaired) electrons. The minimum Gasteiger partial charge on any atom is -0.496 e. The third-order valence-corrected chi connectivity index (χ3v) is 3.54. The highest BCUT2D eigenvalue weighted by Gasteiger charge is 2.14. The van der Waals surface area contributed by atoms with Crippen molar-refractivity contribution in [2.75, 3.05) is 25.6 Å². The van der Waals surface area contributed by atoms with Crippen LogP contribution in [0.5, 0.6) is 5.75 Å². The number of hydrogen-bond donors (Lipinski definition) is 1. The smallest absolute Gasteiger partial charge is 0.136 e. The first-order valence-corrected chi connectivity index (χ1v) is 6.53. The third kappa shape index (κ3) is 2.63. The number of methoxy groups -OCH3 is 1. The van der Waals surface area contributed by atoms with E-state index in [1.807, 2.05) is 24.4 Å². The Morgan fingerprint density at radius 2 is 2.11 bits per heavy atom. The van der Waals surface area contributed by atoms with E-state index in [2.05, 4.69) is 29.9 Å². The number of rotatable bonds is 5. The van der Waals surface area contributed by atoms with Crippen molar-refractivity contribution in [2.24, 2.45) is 5.73 Å². The maximum atomic E-state index is 5.64. The molecule has 0 aliphatic heterocycles. The molecule has 0 saturated carbocycles. The maximum Gasteiger partial charge on any atom is 0.136 e. The molecular weight excluding hydrogens is 238 g/mol. The van der Waals surface area contributed by atoms with E-state index >= 15 is 0 Å². The highest BCUT2D eigenvalue weighted by atomic mass is 16.5. The summed E-state index contributed by atoms with van der Waals surface area (Å²) in [4.78, 5) is 6.69. The molecule has 19 heavy (non-hydrogen) atoms. The SMILES string of the molecule is COc1cccc2c(N(C)C(C)CCN)nccc12. The molecule has 1 atom stereocenters. The lowest BCUT2D eigenvalue weighted by atomic mass is 10.1. The van der Waals surface area contributed by atoms with E-state index in [4.69, 9.17) is 10.5 Å². The van der Waals surface area contributed by atoms with Crippen LogP contribution in [-0.2, 0) is 0 Å². The molecule has 1 heterocycles. The molecule has 0 spiro atoms. The molecule has 0 aliphatic carbocycles. The first-order valence-electron chi connectivity index (χ1n) is 6.53. The standard InChI is InChI=1S/C15H21N3O/c1-11(7-9-16)18(2)15-13-5-4-6-14(19-3)12(13)8-10-17-15/h4-6,8,10-11H,7,9,16H2,1-3H3. The van der Waals surface area contributed by atoms with Crippen LogP contribution in [0.2, 0.25) is 0 Å². The predicted molar refractivity (Wildman–Crippen MR) is 79.8 cm³/mol. The summed E-state index contributed by atoms with van der Waals surface area (Å²) in [6.45, 7) is 2.84. The van der Waals surface area contributed by atoms with Crippen molar-refractivity contribution in [2.45, 2.75) is 19.4 Å². The van der Waals surface area contributed by atoms with Gasteiger partial charge in [-0.15, -0.1) is 0 Å². The third-order valence-electron chi connectivity index (χ3n) is 3.54. The maximum absolute atomic E-state index is 5.64.